The minimum Gasteiger partial charge on any atom is -0.497 e. The van der Waals surface area contributed by atoms with Gasteiger partial charge in [-0.1, -0.05) is 6.08 Å². The Morgan fingerprint density at radius 1 is 1.30 bits per heavy atom. The number of methoxy groups -OCH3 is 1. The van der Waals surface area contributed by atoms with Gasteiger partial charge in [-0.25, -0.2) is 4.39 Å². The lowest BCUT2D eigenvalue weighted by atomic mass is 9.58. The quantitative estimate of drug-likeness (QED) is 0.862. The zero-order chi connectivity index (χ0) is 19.8. The van der Waals surface area contributed by atoms with Crippen molar-refractivity contribution in [2.75, 3.05) is 27.2 Å². The van der Waals surface area contributed by atoms with Gasteiger partial charge in [0.25, 0.3) is 0 Å². The van der Waals surface area contributed by atoms with Gasteiger partial charge in [0.2, 0.25) is 0 Å². The lowest BCUT2D eigenvalue weighted by Gasteiger charge is -2.45. The number of allylic oxidation sites excluding steroid dienone is 2. The van der Waals surface area contributed by atoms with E-state index in [1.165, 1.54) is 25.3 Å². The first-order chi connectivity index (χ1) is 12.9. The predicted octanol–water partition coefficient (Wildman–Crippen LogP) is 2.19. The molecule has 2 N–H and O–H groups in total. The van der Waals surface area contributed by atoms with Crippen molar-refractivity contribution >= 4 is 0 Å². The summed E-state index contributed by atoms with van der Waals surface area (Å²) in [4.78, 5) is 2.00. The number of halogens is 1. The van der Waals surface area contributed by atoms with Gasteiger partial charge in [-0.15, -0.1) is 0 Å². The Labute approximate surface area is 157 Å². The van der Waals surface area contributed by atoms with Crippen LogP contribution in [0.5, 0.6) is 5.75 Å². The monoisotopic (exact) mass is 363 g/mol. The molecule has 0 bridgehead atoms. The number of hydrogen-bond acceptors (Lipinski definition) is 6. The van der Waals surface area contributed by atoms with Gasteiger partial charge in [0, 0.05) is 24.9 Å². The van der Waals surface area contributed by atoms with Crippen molar-refractivity contribution < 1.29 is 9.13 Å². The summed E-state index contributed by atoms with van der Waals surface area (Å²) in [7, 11) is 3.35. The molecule has 1 aromatic rings. The first-order valence-corrected chi connectivity index (χ1v) is 8.38. The lowest BCUT2D eigenvalue weighted by Crippen LogP contribution is -2.47. The second-order valence-corrected chi connectivity index (χ2v) is 6.78. The van der Waals surface area contributed by atoms with Crippen molar-refractivity contribution in [1.29, 1.82) is 15.8 Å². The number of ether oxygens (including phenoxy) is 1. The molecular formula is C20H18FN5O. The molecule has 0 unspecified atom stereocenters. The molecule has 1 aromatic carbocycles. The van der Waals surface area contributed by atoms with E-state index in [0.29, 0.717) is 24.4 Å². The van der Waals surface area contributed by atoms with E-state index in [-0.39, 0.29) is 16.8 Å². The molecule has 136 valence electrons. The predicted molar refractivity (Wildman–Crippen MR) is 95.2 cm³/mol. The van der Waals surface area contributed by atoms with Gasteiger partial charge in [0.15, 0.2) is 5.41 Å². The van der Waals surface area contributed by atoms with Crippen LogP contribution >= 0.6 is 0 Å². The van der Waals surface area contributed by atoms with E-state index in [1.807, 2.05) is 36.2 Å². The number of benzene rings is 1. The zero-order valence-corrected chi connectivity index (χ0v) is 15.0. The van der Waals surface area contributed by atoms with Crippen molar-refractivity contribution in [1.82, 2.24) is 4.90 Å². The summed E-state index contributed by atoms with van der Waals surface area (Å²) in [6.07, 6.45) is 1.86. The lowest BCUT2D eigenvalue weighted by molar-refractivity contribution is 0.234. The minimum atomic E-state index is -1.85. The highest BCUT2D eigenvalue weighted by Gasteiger charge is 2.55. The second-order valence-electron chi connectivity index (χ2n) is 6.78. The van der Waals surface area contributed by atoms with Crippen LogP contribution in [0, 0.1) is 51.1 Å². The van der Waals surface area contributed by atoms with Crippen molar-refractivity contribution in [3.63, 3.8) is 0 Å². The number of fused-ring (bicyclic) bond motifs is 1. The highest BCUT2D eigenvalue weighted by Crippen LogP contribution is 2.54. The van der Waals surface area contributed by atoms with E-state index < -0.39 is 23.1 Å². The molecule has 1 heterocycles. The zero-order valence-electron chi connectivity index (χ0n) is 15.0. The molecule has 2 atom stereocenters. The van der Waals surface area contributed by atoms with E-state index in [0.717, 1.165) is 0 Å². The maximum Gasteiger partial charge on any atom is 0.191 e. The summed E-state index contributed by atoms with van der Waals surface area (Å²) < 4.78 is 20.0. The maximum atomic E-state index is 14.8. The standard InChI is InChI=1S/C20H18FN5O/c1-26-6-5-13-15(8-22)19(25)20(10-23,11-24)18(16(13)9-26)14-7-12(27-2)3-4-17(14)21/h3-5,7,16,18H,6,9,25H2,1-2H3/t16-,18+/m0/s1. The van der Waals surface area contributed by atoms with Crippen molar-refractivity contribution in [2.45, 2.75) is 5.92 Å². The van der Waals surface area contributed by atoms with E-state index in [1.54, 1.807) is 0 Å². The van der Waals surface area contributed by atoms with Crippen LogP contribution in [0.25, 0.3) is 0 Å². The van der Waals surface area contributed by atoms with Gasteiger partial charge >= 0.3 is 0 Å². The fourth-order valence-electron chi connectivity index (χ4n) is 4.06. The average molecular weight is 363 g/mol. The van der Waals surface area contributed by atoms with Crippen LogP contribution in [0.3, 0.4) is 0 Å². The molecule has 1 aliphatic heterocycles. The molecule has 0 spiro atoms. The molecule has 27 heavy (non-hydrogen) atoms. The van der Waals surface area contributed by atoms with Gasteiger partial charge in [-0.3, -0.25) is 0 Å². The Hall–Kier alpha value is -3.34. The first kappa shape index (κ1) is 18.5. The highest BCUT2D eigenvalue weighted by molar-refractivity contribution is 5.59. The van der Waals surface area contributed by atoms with Crippen molar-refractivity contribution in [3.05, 3.63) is 52.5 Å². The number of hydrogen-bond donors (Lipinski definition) is 1. The van der Waals surface area contributed by atoms with Crippen molar-refractivity contribution in [2.24, 2.45) is 17.1 Å². The topological polar surface area (TPSA) is 110 Å². The van der Waals surface area contributed by atoms with Gasteiger partial charge < -0.3 is 15.4 Å². The smallest absolute Gasteiger partial charge is 0.191 e. The molecule has 0 saturated heterocycles. The molecule has 0 saturated carbocycles. The van der Waals surface area contributed by atoms with Crippen LogP contribution in [0.2, 0.25) is 0 Å². The average Bonchev–Trinajstić information content (AvgIpc) is 2.68. The Morgan fingerprint density at radius 2 is 2.00 bits per heavy atom. The Bertz CT molecular complexity index is 962. The molecule has 1 aliphatic carbocycles. The summed E-state index contributed by atoms with van der Waals surface area (Å²) in [5.74, 6) is -1.42. The normalized spacial score (nSPS) is 24.1. The van der Waals surface area contributed by atoms with Gasteiger partial charge in [-0.2, -0.15) is 15.8 Å². The first-order valence-electron chi connectivity index (χ1n) is 8.38. The summed E-state index contributed by atoms with van der Waals surface area (Å²) in [5.41, 5.74) is 5.22. The molecule has 6 nitrogen and oxygen atoms in total. The van der Waals surface area contributed by atoms with Crippen LogP contribution in [0.15, 0.2) is 41.1 Å². The molecular weight excluding hydrogens is 345 g/mol. The maximum absolute atomic E-state index is 14.8. The molecule has 0 amide bonds. The van der Waals surface area contributed by atoms with Gasteiger partial charge in [0.05, 0.1) is 30.5 Å². The Kier molecular flexibility index (Phi) is 4.62. The van der Waals surface area contributed by atoms with Crippen molar-refractivity contribution in [3.8, 4) is 24.0 Å². The van der Waals surface area contributed by atoms with Crippen LogP contribution < -0.4 is 10.5 Å². The Balaban J connectivity index is 2.37. The molecule has 2 aliphatic rings. The highest BCUT2D eigenvalue weighted by atomic mass is 19.1. The molecule has 0 radical (unpaired) electrons. The van der Waals surface area contributed by atoms with Crippen LogP contribution in [-0.2, 0) is 0 Å². The van der Waals surface area contributed by atoms with E-state index in [4.69, 9.17) is 10.5 Å². The van der Waals surface area contributed by atoms with E-state index >= 15 is 0 Å². The fourth-order valence-corrected chi connectivity index (χ4v) is 4.06. The number of nitriles is 3. The van der Waals surface area contributed by atoms with Crippen LogP contribution in [0.1, 0.15) is 11.5 Å². The molecule has 3 rings (SSSR count). The summed E-state index contributed by atoms with van der Waals surface area (Å²) in [5, 5.41) is 29.5. The largest absolute Gasteiger partial charge is 0.497 e. The van der Waals surface area contributed by atoms with E-state index in [2.05, 4.69) is 0 Å². The van der Waals surface area contributed by atoms with Crippen LogP contribution in [0.4, 0.5) is 4.39 Å². The third-order valence-electron chi connectivity index (χ3n) is 5.39. The number of rotatable bonds is 2. The minimum absolute atomic E-state index is 0.116. The van der Waals surface area contributed by atoms with E-state index in [9.17, 15) is 20.2 Å². The summed E-state index contributed by atoms with van der Waals surface area (Å²) >= 11 is 0. The third-order valence-corrected chi connectivity index (χ3v) is 5.39. The second kappa shape index (κ2) is 6.76. The van der Waals surface area contributed by atoms with Crippen LogP contribution in [-0.4, -0.2) is 32.1 Å². The third kappa shape index (κ3) is 2.63. The SMILES string of the molecule is COc1ccc(F)c([C@@H]2[C@H]3CN(C)CC=C3C(C#N)=C(N)C2(C#N)C#N)c1. The number of nitrogens with two attached hydrogens (primary N) is 1. The summed E-state index contributed by atoms with van der Waals surface area (Å²) in [6.45, 7) is 1.07. The van der Waals surface area contributed by atoms with Gasteiger partial charge in [0.1, 0.15) is 17.6 Å². The molecule has 0 aromatic heterocycles. The number of likely N-dealkylation sites (N-methyl/N-ethyl adjacent to an activating group) is 1. The van der Waals surface area contributed by atoms with Gasteiger partial charge in [-0.05, 0) is 36.4 Å². The number of nitrogens with zero attached hydrogens (tertiary/aromatic N) is 4. The molecule has 7 heteroatoms. The molecule has 0 fully saturated rings. The Morgan fingerprint density at radius 3 is 2.59 bits per heavy atom. The summed E-state index contributed by atoms with van der Waals surface area (Å²) in [6, 6.07) is 10.3. The fraction of sp³-hybridized carbons (Fsp3) is 0.350.